The smallest absolute Gasteiger partial charge is 0.287 e. The highest BCUT2D eigenvalue weighted by Gasteiger charge is 2.27. The van der Waals surface area contributed by atoms with Crippen LogP contribution in [0, 0.1) is 5.41 Å². The molecule has 1 saturated carbocycles. The zero-order chi connectivity index (χ0) is 12.3. The number of carbonyl (C=O) groups excluding carboxylic acids is 1. The summed E-state index contributed by atoms with van der Waals surface area (Å²) in [5.41, 5.74) is 0.262. The number of furan rings is 1. The van der Waals surface area contributed by atoms with Crippen molar-refractivity contribution in [2.24, 2.45) is 5.41 Å². The van der Waals surface area contributed by atoms with Crippen LogP contribution in [-0.4, -0.2) is 12.5 Å². The van der Waals surface area contributed by atoms with Crippen molar-refractivity contribution in [2.45, 2.75) is 39.0 Å². The van der Waals surface area contributed by atoms with Crippen LogP contribution in [0.4, 0.5) is 0 Å². The van der Waals surface area contributed by atoms with Gasteiger partial charge in [-0.05, 0) is 46.3 Å². The molecule has 4 heteroatoms. The number of nitrogens with one attached hydrogen (secondary N) is 1. The molecule has 1 heterocycles. The van der Waals surface area contributed by atoms with Crippen molar-refractivity contribution in [1.29, 1.82) is 0 Å². The highest BCUT2D eigenvalue weighted by atomic mass is 79.9. The molecule has 2 rings (SSSR count). The Labute approximate surface area is 110 Å². The summed E-state index contributed by atoms with van der Waals surface area (Å²) in [4.78, 5) is 11.8. The van der Waals surface area contributed by atoms with Gasteiger partial charge in [0, 0.05) is 6.54 Å². The van der Waals surface area contributed by atoms with Crippen molar-refractivity contribution in [3.05, 3.63) is 22.6 Å². The van der Waals surface area contributed by atoms with Crippen molar-refractivity contribution in [1.82, 2.24) is 5.32 Å². The van der Waals surface area contributed by atoms with Crippen molar-refractivity contribution in [2.75, 3.05) is 6.54 Å². The molecule has 1 aromatic heterocycles. The first kappa shape index (κ1) is 12.7. The molecule has 1 aliphatic rings. The van der Waals surface area contributed by atoms with Gasteiger partial charge in [-0.15, -0.1) is 0 Å². The van der Waals surface area contributed by atoms with Crippen molar-refractivity contribution in [3.8, 4) is 0 Å². The topological polar surface area (TPSA) is 42.2 Å². The van der Waals surface area contributed by atoms with Crippen LogP contribution in [-0.2, 0) is 0 Å². The average molecular weight is 300 g/mol. The van der Waals surface area contributed by atoms with Crippen LogP contribution in [0.2, 0.25) is 0 Å². The van der Waals surface area contributed by atoms with Gasteiger partial charge < -0.3 is 9.73 Å². The maximum atomic E-state index is 11.8. The van der Waals surface area contributed by atoms with Gasteiger partial charge in [0.1, 0.15) is 0 Å². The Kier molecular flexibility index (Phi) is 3.92. The molecule has 1 aromatic rings. The van der Waals surface area contributed by atoms with Gasteiger partial charge in [0.2, 0.25) is 0 Å². The maximum Gasteiger partial charge on any atom is 0.287 e. The fourth-order valence-corrected chi connectivity index (χ4v) is 2.71. The van der Waals surface area contributed by atoms with E-state index in [1.807, 2.05) is 0 Å². The maximum absolute atomic E-state index is 11.8. The third kappa shape index (κ3) is 3.35. The predicted molar refractivity (Wildman–Crippen MR) is 69.9 cm³/mol. The van der Waals surface area contributed by atoms with Crippen LogP contribution in [0.15, 0.2) is 21.2 Å². The van der Waals surface area contributed by atoms with Gasteiger partial charge in [-0.3, -0.25) is 4.79 Å². The van der Waals surface area contributed by atoms with Crippen molar-refractivity contribution < 1.29 is 9.21 Å². The molecule has 0 aromatic carbocycles. The summed E-state index contributed by atoms with van der Waals surface area (Å²) in [6.07, 6.45) is 6.29. The summed E-state index contributed by atoms with van der Waals surface area (Å²) in [5, 5.41) is 2.97. The molecular weight excluding hydrogens is 282 g/mol. The molecule has 1 aliphatic carbocycles. The number of hydrogen-bond acceptors (Lipinski definition) is 2. The zero-order valence-corrected chi connectivity index (χ0v) is 11.7. The second-order valence-corrected chi connectivity index (χ2v) is 5.94. The third-order valence-corrected chi connectivity index (χ3v) is 3.96. The van der Waals surface area contributed by atoms with Crippen molar-refractivity contribution in [3.63, 3.8) is 0 Å². The van der Waals surface area contributed by atoms with E-state index in [1.165, 1.54) is 32.1 Å². The van der Waals surface area contributed by atoms with Crippen LogP contribution in [0.5, 0.6) is 0 Å². The molecule has 0 aliphatic heterocycles. The fourth-order valence-electron chi connectivity index (χ4n) is 2.40. The van der Waals surface area contributed by atoms with Crippen LogP contribution < -0.4 is 5.32 Å². The summed E-state index contributed by atoms with van der Waals surface area (Å²) >= 11 is 3.19. The summed E-state index contributed by atoms with van der Waals surface area (Å²) in [5.74, 6) is 0.249. The predicted octanol–water partition coefficient (Wildman–Crippen LogP) is 3.74. The first-order valence-electron chi connectivity index (χ1n) is 6.13. The van der Waals surface area contributed by atoms with Crippen LogP contribution >= 0.6 is 15.9 Å². The summed E-state index contributed by atoms with van der Waals surface area (Å²) < 4.78 is 5.81. The molecule has 1 amide bonds. The number of amides is 1. The lowest BCUT2D eigenvalue weighted by molar-refractivity contribution is 0.0890. The molecule has 0 atom stereocenters. The SMILES string of the molecule is CC1(CNC(=O)c2ccc(Br)o2)CCCCC1. The third-order valence-electron chi connectivity index (χ3n) is 3.53. The van der Waals surface area contributed by atoms with Gasteiger partial charge in [-0.1, -0.05) is 26.2 Å². The summed E-state index contributed by atoms with van der Waals surface area (Å²) in [7, 11) is 0. The zero-order valence-electron chi connectivity index (χ0n) is 10.1. The Morgan fingerprint density at radius 1 is 1.41 bits per heavy atom. The molecule has 0 unspecified atom stereocenters. The van der Waals surface area contributed by atoms with Gasteiger partial charge in [-0.25, -0.2) is 0 Å². The molecule has 3 nitrogen and oxygen atoms in total. The Bertz CT molecular complexity index is 394. The molecule has 17 heavy (non-hydrogen) atoms. The van der Waals surface area contributed by atoms with E-state index in [-0.39, 0.29) is 11.3 Å². The highest BCUT2D eigenvalue weighted by Crippen LogP contribution is 2.34. The lowest BCUT2D eigenvalue weighted by Crippen LogP contribution is -2.36. The number of hydrogen-bond donors (Lipinski definition) is 1. The van der Waals surface area contributed by atoms with Crippen LogP contribution in [0.25, 0.3) is 0 Å². The van der Waals surface area contributed by atoms with Gasteiger partial charge >= 0.3 is 0 Å². The highest BCUT2D eigenvalue weighted by molar-refractivity contribution is 9.10. The van der Waals surface area contributed by atoms with Crippen LogP contribution in [0.1, 0.15) is 49.6 Å². The van der Waals surface area contributed by atoms with Gasteiger partial charge in [0.05, 0.1) is 0 Å². The molecule has 0 spiro atoms. The molecule has 94 valence electrons. The quantitative estimate of drug-likeness (QED) is 0.924. The first-order chi connectivity index (χ1) is 8.09. The minimum Gasteiger partial charge on any atom is -0.444 e. The standard InChI is InChI=1S/C13H18BrNO2/c1-13(7-3-2-4-8-13)9-15-12(16)10-5-6-11(14)17-10/h5-6H,2-4,7-9H2,1H3,(H,15,16). The fraction of sp³-hybridized carbons (Fsp3) is 0.615. The molecule has 0 radical (unpaired) electrons. The average Bonchev–Trinajstić information content (AvgIpc) is 2.74. The van der Waals surface area contributed by atoms with Gasteiger partial charge in [-0.2, -0.15) is 0 Å². The minimum absolute atomic E-state index is 0.123. The summed E-state index contributed by atoms with van der Waals surface area (Å²) in [6.45, 7) is 2.99. The minimum atomic E-state index is -0.123. The lowest BCUT2D eigenvalue weighted by atomic mass is 9.76. The molecule has 1 N–H and O–H groups in total. The molecule has 0 bridgehead atoms. The Balaban J connectivity index is 1.87. The van der Waals surface area contributed by atoms with E-state index in [9.17, 15) is 4.79 Å². The van der Waals surface area contributed by atoms with Gasteiger partial charge in [0.15, 0.2) is 10.4 Å². The Hall–Kier alpha value is -0.770. The van der Waals surface area contributed by atoms with E-state index in [2.05, 4.69) is 28.2 Å². The molecule has 0 saturated heterocycles. The number of rotatable bonds is 3. The van der Waals surface area contributed by atoms with Crippen LogP contribution in [0.3, 0.4) is 0 Å². The monoisotopic (exact) mass is 299 g/mol. The normalized spacial score (nSPS) is 18.9. The Morgan fingerprint density at radius 3 is 2.71 bits per heavy atom. The number of halogens is 1. The van der Waals surface area contributed by atoms with E-state index < -0.39 is 0 Å². The van der Waals surface area contributed by atoms with E-state index in [1.54, 1.807) is 12.1 Å². The first-order valence-corrected chi connectivity index (χ1v) is 6.92. The largest absolute Gasteiger partial charge is 0.444 e. The summed E-state index contributed by atoms with van der Waals surface area (Å²) in [6, 6.07) is 3.42. The molecular formula is C13H18BrNO2. The lowest BCUT2D eigenvalue weighted by Gasteiger charge is -2.33. The van der Waals surface area contributed by atoms with Crippen molar-refractivity contribution >= 4 is 21.8 Å². The van der Waals surface area contributed by atoms with E-state index >= 15 is 0 Å². The van der Waals surface area contributed by atoms with Gasteiger partial charge in [0.25, 0.3) is 5.91 Å². The second kappa shape index (κ2) is 5.25. The van der Waals surface area contributed by atoms with E-state index in [0.717, 1.165) is 6.54 Å². The molecule has 1 fully saturated rings. The van der Waals surface area contributed by atoms with E-state index in [0.29, 0.717) is 10.4 Å². The second-order valence-electron chi connectivity index (χ2n) is 5.16. The number of carbonyl (C=O) groups is 1. The Morgan fingerprint density at radius 2 is 2.12 bits per heavy atom. The van der Waals surface area contributed by atoms with E-state index in [4.69, 9.17) is 4.42 Å².